The van der Waals surface area contributed by atoms with Crippen LogP contribution in [0.5, 0.6) is 11.5 Å². The molecule has 0 aliphatic rings. The van der Waals surface area contributed by atoms with E-state index in [9.17, 15) is 13.2 Å². The molecule has 5 aromatic rings. The topological polar surface area (TPSA) is 31.4 Å². The van der Waals surface area contributed by atoms with Crippen LogP contribution in [0.4, 0.5) is 13.2 Å². The third kappa shape index (κ3) is 4.38. The Morgan fingerprint density at radius 1 is 0.583 bits per heavy atom. The summed E-state index contributed by atoms with van der Waals surface area (Å²) in [5, 5.41) is 1.78. The van der Waals surface area contributed by atoms with E-state index >= 15 is 0 Å². The van der Waals surface area contributed by atoms with Gasteiger partial charge in [-0.05, 0) is 65.5 Å². The van der Waals surface area contributed by atoms with E-state index in [4.69, 9.17) is 14.5 Å². The van der Waals surface area contributed by atoms with Crippen molar-refractivity contribution in [1.29, 1.82) is 0 Å². The number of methoxy groups -OCH3 is 2. The fourth-order valence-electron chi connectivity index (χ4n) is 4.31. The van der Waals surface area contributed by atoms with Gasteiger partial charge in [-0.25, -0.2) is 4.98 Å². The number of hydrogen-bond donors (Lipinski definition) is 0. The minimum atomic E-state index is -4.42. The standard InChI is InChI=1S/C30H22F3NO2/c1-35-23-14-10-20(11-15-23)28-25-17-16-24(36-2)18-26(25)27(19-6-4-3-5-7-19)29(34-28)21-8-12-22(13-9-21)30(31,32)33/h3-18H,1-2H3. The van der Waals surface area contributed by atoms with Gasteiger partial charge in [-0.2, -0.15) is 13.2 Å². The number of aromatic nitrogens is 1. The fourth-order valence-corrected chi connectivity index (χ4v) is 4.31. The molecule has 6 heteroatoms. The smallest absolute Gasteiger partial charge is 0.416 e. The molecule has 180 valence electrons. The first-order valence-corrected chi connectivity index (χ1v) is 11.3. The van der Waals surface area contributed by atoms with Crippen LogP contribution in [-0.4, -0.2) is 19.2 Å². The average Bonchev–Trinajstić information content (AvgIpc) is 2.92. The first-order valence-electron chi connectivity index (χ1n) is 11.3. The lowest BCUT2D eigenvalue weighted by Crippen LogP contribution is -2.04. The van der Waals surface area contributed by atoms with Crippen molar-refractivity contribution in [1.82, 2.24) is 4.98 Å². The number of rotatable bonds is 5. The molecule has 0 amide bonds. The van der Waals surface area contributed by atoms with Gasteiger partial charge in [0.15, 0.2) is 0 Å². The van der Waals surface area contributed by atoms with Crippen molar-refractivity contribution in [3.05, 3.63) is 103 Å². The molecule has 0 saturated carbocycles. The van der Waals surface area contributed by atoms with Gasteiger partial charge >= 0.3 is 6.18 Å². The first kappa shape index (κ1) is 23.4. The lowest BCUT2D eigenvalue weighted by atomic mass is 9.91. The summed E-state index contributed by atoms with van der Waals surface area (Å²) in [6.07, 6.45) is -4.42. The summed E-state index contributed by atoms with van der Waals surface area (Å²) >= 11 is 0. The highest BCUT2D eigenvalue weighted by atomic mass is 19.4. The summed E-state index contributed by atoms with van der Waals surface area (Å²) in [7, 11) is 3.21. The number of ether oxygens (including phenoxy) is 2. The summed E-state index contributed by atoms with van der Waals surface area (Å²) in [5.41, 5.74) is 3.76. The maximum absolute atomic E-state index is 13.3. The quantitative estimate of drug-likeness (QED) is 0.251. The van der Waals surface area contributed by atoms with E-state index in [1.165, 1.54) is 12.1 Å². The molecule has 0 atom stereocenters. The van der Waals surface area contributed by atoms with Gasteiger partial charge in [-0.15, -0.1) is 0 Å². The van der Waals surface area contributed by atoms with Crippen LogP contribution in [0.25, 0.3) is 44.4 Å². The van der Waals surface area contributed by atoms with Gasteiger partial charge in [-0.1, -0.05) is 42.5 Å². The molecule has 4 aromatic carbocycles. The summed E-state index contributed by atoms with van der Waals surface area (Å²) in [4.78, 5) is 5.06. The number of pyridine rings is 1. The molecule has 3 nitrogen and oxygen atoms in total. The van der Waals surface area contributed by atoms with Gasteiger partial charge in [-0.3, -0.25) is 0 Å². The second-order valence-electron chi connectivity index (χ2n) is 8.27. The predicted molar refractivity (Wildman–Crippen MR) is 136 cm³/mol. The SMILES string of the molecule is COc1ccc(-c2nc(-c3ccc(C(F)(F)F)cc3)c(-c3ccccc3)c3cc(OC)ccc23)cc1. The highest BCUT2D eigenvalue weighted by Crippen LogP contribution is 2.42. The Hall–Kier alpha value is -4.32. The maximum Gasteiger partial charge on any atom is 0.416 e. The fraction of sp³-hybridized carbons (Fsp3) is 0.100. The minimum absolute atomic E-state index is 0.585. The number of nitrogens with zero attached hydrogens (tertiary/aromatic N) is 1. The molecule has 0 spiro atoms. The van der Waals surface area contributed by atoms with E-state index < -0.39 is 11.7 Å². The third-order valence-electron chi connectivity index (χ3n) is 6.12. The summed E-state index contributed by atoms with van der Waals surface area (Å²) in [6.45, 7) is 0. The van der Waals surface area contributed by atoms with Crippen molar-refractivity contribution in [3.63, 3.8) is 0 Å². The van der Waals surface area contributed by atoms with E-state index in [0.29, 0.717) is 28.5 Å². The first-order chi connectivity index (χ1) is 17.4. The molecule has 1 heterocycles. The second kappa shape index (κ2) is 9.38. The van der Waals surface area contributed by atoms with Crippen molar-refractivity contribution < 1.29 is 22.6 Å². The van der Waals surface area contributed by atoms with Gasteiger partial charge in [0, 0.05) is 22.1 Å². The van der Waals surface area contributed by atoms with Gasteiger partial charge in [0.2, 0.25) is 0 Å². The van der Waals surface area contributed by atoms with Gasteiger partial charge in [0.05, 0.1) is 31.2 Å². The molecule has 5 rings (SSSR count). The van der Waals surface area contributed by atoms with E-state index in [1.807, 2.05) is 72.8 Å². The monoisotopic (exact) mass is 485 g/mol. The zero-order valence-electron chi connectivity index (χ0n) is 19.6. The van der Waals surface area contributed by atoms with Crippen molar-refractivity contribution in [2.24, 2.45) is 0 Å². The van der Waals surface area contributed by atoms with Gasteiger partial charge in [0.25, 0.3) is 0 Å². The maximum atomic E-state index is 13.3. The number of alkyl halides is 3. The Morgan fingerprint density at radius 2 is 1.17 bits per heavy atom. The highest BCUT2D eigenvalue weighted by Gasteiger charge is 2.30. The lowest BCUT2D eigenvalue weighted by Gasteiger charge is -2.18. The molecule has 0 aliphatic carbocycles. The van der Waals surface area contributed by atoms with Crippen LogP contribution >= 0.6 is 0 Å². The van der Waals surface area contributed by atoms with Crippen LogP contribution in [0.1, 0.15) is 5.56 Å². The molecular weight excluding hydrogens is 463 g/mol. The van der Waals surface area contributed by atoms with Crippen molar-refractivity contribution in [2.45, 2.75) is 6.18 Å². The molecule has 0 unspecified atom stereocenters. The normalized spacial score (nSPS) is 11.5. The van der Waals surface area contributed by atoms with Crippen LogP contribution < -0.4 is 9.47 Å². The van der Waals surface area contributed by atoms with Crippen LogP contribution in [0, 0.1) is 0 Å². The number of fused-ring (bicyclic) bond motifs is 1. The minimum Gasteiger partial charge on any atom is -0.497 e. The van der Waals surface area contributed by atoms with E-state index in [0.717, 1.165) is 39.6 Å². The zero-order valence-corrected chi connectivity index (χ0v) is 19.6. The predicted octanol–water partition coefficient (Wildman–Crippen LogP) is 8.27. The second-order valence-corrected chi connectivity index (χ2v) is 8.27. The molecule has 1 aromatic heterocycles. The van der Waals surface area contributed by atoms with Crippen molar-refractivity contribution in [2.75, 3.05) is 14.2 Å². The Bertz CT molecular complexity index is 1510. The van der Waals surface area contributed by atoms with Crippen LogP contribution in [-0.2, 0) is 6.18 Å². The van der Waals surface area contributed by atoms with Crippen LogP contribution in [0.15, 0.2) is 97.1 Å². The van der Waals surface area contributed by atoms with Crippen LogP contribution in [0.3, 0.4) is 0 Å². The van der Waals surface area contributed by atoms with Gasteiger partial charge < -0.3 is 9.47 Å². The summed E-state index contributed by atoms with van der Waals surface area (Å²) in [5.74, 6) is 1.39. The Morgan fingerprint density at radius 3 is 1.78 bits per heavy atom. The van der Waals surface area contributed by atoms with Crippen molar-refractivity contribution in [3.8, 4) is 45.1 Å². The summed E-state index contributed by atoms with van der Waals surface area (Å²) < 4.78 is 50.6. The largest absolute Gasteiger partial charge is 0.497 e. The molecule has 0 saturated heterocycles. The Balaban J connectivity index is 1.85. The molecule has 36 heavy (non-hydrogen) atoms. The Labute approximate surface area is 206 Å². The van der Waals surface area contributed by atoms with E-state index in [-0.39, 0.29) is 0 Å². The number of hydrogen-bond acceptors (Lipinski definition) is 3. The van der Waals surface area contributed by atoms with Gasteiger partial charge in [0.1, 0.15) is 11.5 Å². The number of halogens is 3. The molecule has 0 bridgehead atoms. The van der Waals surface area contributed by atoms with E-state index in [1.54, 1.807) is 14.2 Å². The summed E-state index contributed by atoms with van der Waals surface area (Å²) in [6, 6.07) is 28.2. The molecule has 0 N–H and O–H groups in total. The molecular formula is C30H22F3NO2. The Kier molecular flexibility index (Phi) is 6.10. The lowest BCUT2D eigenvalue weighted by molar-refractivity contribution is -0.137. The molecule has 0 aliphatic heterocycles. The molecule has 0 radical (unpaired) electrons. The third-order valence-corrected chi connectivity index (χ3v) is 6.12. The van der Waals surface area contributed by atoms with E-state index in [2.05, 4.69) is 0 Å². The molecule has 0 fully saturated rings. The average molecular weight is 486 g/mol. The highest BCUT2D eigenvalue weighted by molar-refractivity contribution is 6.08. The van der Waals surface area contributed by atoms with Crippen molar-refractivity contribution >= 4 is 10.8 Å². The zero-order chi connectivity index (χ0) is 25.3. The van der Waals surface area contributed by atoms with Crippen LogP contribution in [0.2, 0.25) is 0 Å². The number of benzene rings is 4.